The molecule has 3 heterocycles. The maximum absolute atomic E-state index is 4.08. The van der Waals surface area contributed by atoms with E-state index in [9.17, 15) is 0 Å². The molecule has 0 aliphatic heterocycles. The highest BCUT2D eigenvalue weighted by molar-refractivity contribution is 5.12. The number of hydrogen-bond acceptors (Lipinski definition) is 3. The van der Waals surface area contributed by atoms with Gasteiger partial charge in [-0.2, -0.15) is 0 Å². The maximum atomic E-state index is 4.08. The van der Waals surface area contributed by atoms with Crippen LogP contribution in [0.15, 0.2) is 61.1 Å². The van der Waals surface area contributed by atoms with Crippen LogP contribution >= 0.6 is 0 Å². The molecule has 3 aromatic heterocycles. The molecule has 0 aliphatic rings. The monoisotopic (exact) mass is 307 g/mol. The second kappa shape index (κ2) is 10.2. The summed E-state index contributed by atoms with van der Waals surface area (Å²) in [7, 11) is 0. The lowest BCUT2D eigenvalue weighted by Crippen LogP contribution is -1.78. The van der Waals surface area contributed by atoms with Crippen molar-refractivity contribution in [1.82, 2.24) is 15.0 Å². The predicted octanol–water partition coefficient (Wildman–Crippen LogP) is 4.79. The van der Waals surface area contributed by atoms with Crippen molar-refractivity contribution in [2.24, 2.45) is 0 Å². The Kier molecular flexibility index (Phi) is 8.22. The molecule has 120 valence electrons. The molecule has 3 heteroatoms. The zero-order valence-electron chi connectivity index (χ0n) is 14.6. The topological polar surface area (TPSA) is 38.7 Å². The molecule has 0 fully saturated rings. The van der Waals surface area contributed by atoms with Crippen molar-refractivity contribution >= 4 is 0 Å². The van der Waals surface area contributed by atoms with E-state index < -0.39 is 0 Å². The van der Waals surface area contributed by atoms with Crippen LogP contribution in [-0.4, -0.2) is 15.0 Å². The lowest BCUT2D eigenvalue weighted by molar-refractivity contribution is 1.17. The summed E-state index contributed by atoms with van der Waals surface area (Å²) in [6.45, 7) is 10.0. The van der Waals surface area contributed by atoms with Gasteiger partial charge in [-0.05, 0) is 76.1 Å². The van der Waals surface area contributed by atoms with Crippen LogP contribution < -0.4 is 0 Å². The highest BCUT2D eigenvalue weighted by atomic mass is 14.7. The van der Waals surface area contributed by atoms with Gasteiger partial charge in [0.15, 0.2) is 0 Å². The number of nitrogens with zero attached hydrogens (tertiary/aromatic N) is 3. The van der Waals surface area contributed by atoms with Gasteiger partial charge < -0.3 is 0 Å². The van der Waals surface area contributed by atoms with Crippen molar-refractivity contribution in [1.29, 1.82) is 0 Å². The van der Waals surface area contributed by atoms with Gasteiger partial charge in [0.2, 0.25) is 0 Å². The SMILES string of the molecule is Cc1ccc(C)nc1.Cc1ccccn1.Cc1ccnc(C)c1. The molecule has 0 aromatic carbocycles. The third kappa shape index (κ3) is 9.14. The Hall–Kier alpha value is -2.55. The van der Waals surface area contributed by atoms with Crippen molar-refractivity contribution in [3.05, 3.63) is 89.3 Å². The first kappa shape index (κ1) is 18.5. The van der Waals surface area contributed by atoms with Gasteiger partial charge >= 0.3 is 0 Å². The molecule has 0 saturated carbocycles. The Morgan fingerprint density at radius 2 is 1.26 bits per heavy atom. The first-order valence-electron chi connectivity index (χ1n) is 7.63. The smallest absolute Gasteiger partial charge is 0.0375 e. The van der Waals surface area contributed by atoms with Crippen molar-refractivity contribution in [2.45, 2.75) is 34.6 Å². The fraction of sp³-hybridized carbons (Fsp3) is 0.250. The number of rotatable bonds is 0. The largest absolute Gasteiger partial charge is 0.262 e. The quantitative estimate of drug-likeness (QED) is 0.599. The molecular weight excluding hydrogens is 282 g/mol. The fourth-order valence-electron chi connectivity index (χ4n) is 1.68. The highest BCUT2D eigenvalue weighted by Gasteiger charge is 1.82. The van der Waals surface area contributed by atoms with Crippen LogP contribution in [0.5, 0.6) is 0 Å². The average molecular weight is 307 g/mol. The van der Waals surface area contributed by atoms with Crippen LogP contribution in [-0.2, 0) is 0 Å². The third-order valence-corrected chi connectivity index (χ3v) is 2.92. The Morgan fingerprint density at radius 1 is 0.565 bits per heavy atom. The maximum Gasteiger partial charge on any atom is 0.0375 e. The molecule has 0 N–H and O–H groups in total. The fourth-order valence-corrected chi connectivity index (χ4v) is 1.68. The van der Waals surface area contributed by atoms with Crippen molar-refractivity contribution < 1.29 is 0 Å². The van der Waals surface area contributed by atoms with Crippen molar-refractivity contribution in [2.75, 3.05) is 0 Å². The summed E-state index contributed by atoms with van der Waals surface area (Å²) in [5.74, 6) is 0. The minimum Gasteiger partial charge on any atom is -0.262 e. The molecule has 0 spiro atoms. The Labute approximate surface area is 139 Å². The van der Waals surface area contributed by atoms with Gasteiger partial charge in [-0.3, -0.25) is 15.0 Å². The van der Waals surface area contributed by atoms with E-state index in [1.54, 1.807) is 6.20 Å². The molecule has 3 rings (SSSR count). The van der Waals surface area contributed by atoms with Gasteiger partial charge in [0.05, 0.1) is 0 Å². The summed E-state index contributed by atoms with van der Waals surface area (Å²) in [4.78, 5) is 12.1. The Balaban J connectivity index is 0.000000173. The molecule has 3 aromatic rings. The second-order valence-electron chi connectivity index (χ2n) is 5.42. The first-order chi connectivity index (χ1) is 11.0. The van der Waals surface area contributed by atoms with Crippen LogP contribution in [0.3, 0.4) is 0 Å². The summed E-state index contributed by atoms with van der Waals surface area (Å²) < 4.78 is 0. The van der Waals surface area contributed by atoms with Crippen molar-refractivity contribution in [3.63, 3.8) is 0 Å². The van der Waals surface area contributed by atoms with Gasteiger partial charge in [-0.1, -0.05) is 12.1 Å². The Bertz CT molecular complexity index is 639. The number of aryl methyl sites for hydroxylation is 5. The molecule has 0 atom stereocenters. The summed E-state index contributed by atoms with van der Waals surface area (Å²) >= 11 is 0. The van der Waals surface area contributed by atoms with Gasteiger partial charge in [-0.15, -0.1) is 0 Å². The van der Waals surface area contributed by atoms with E-state index in [4.69, 9.17) is 0 Å². The zero-order valence-corrected chi connectivity index (χ0v) is 14.6. The molecule has 0 radical (unpaired) electrons. The lowest BCUT2D eigenvalue weighted by atomic mass is 10.3. The average Bonchev–Trinajstić information content (AvgIpc) is 2.52. The van der Waals surface area contributed by atoms with E-state index in [0.717, 1.165) is 17.1 Å². The Morgan fingerprint density at radius 3 is 1.61 bits per heavy atom. The second-order valence-corrected chi connectivity index (χ2v) is 5.42. The normalized spacial score (nSPS) is 9.09. The van der Waals surface area contributed by atoms with E-state index >= 15 is 0 Å². The van der Waals surface area contributed by atoms with Gasteiger partial charge in [0, 0.05) is 35.7 Å². The summed E-state index contributed by atoms with van der Waals surface area (Å²) in [5.41, 5.74) is 5.73. The summed E-state index contributed by atoms with van der Waals surface area (Å²) in [6, 6.07) is 14.0. The van der Waals surface area contributed by atoms with E-state index in [0.29, 0.717) is 0 Å². The molecule has 0 saturated heterocycles. The van der Waals surface area contributed by atoms with Crippen LogP contribution in [0.1, 0.15) is 28.2 Å². The molecule has 0 bridgehead atoms. The van der Waals surface area contributed by atoms with Crippen LogP contribution in [0.4, 0.5) is 0 Å². The van der Waals surface area contributed by atoms with Gasteiger partial charge in [-0.25, -0.2) is 0 Å². The van der Waals surface area contributed by atoms with Gasteiger partial charge in [0.25, 0.3) is 0 Å². The summed E-state index contributed by atoms with van der Waals surface area (Å²) in [6.07, 6.45) is 5.48. The molecular formula is C20H25N3. The molecule has 3 nitrogen and oxygen atoms in total. The van der Waals surface area contributed by atoms with E-state index in [2.05, 4.69) is 34.0 Å². The van der Waals surface area contributed by atoms with E-state index in [1.807, 2.05) is 70.4 Å². The van der Waals surface area contributed by atoms with Crippen LogP contribution in [0, 0.1) is 34.6 Å². The molecule has 23 heavy (non-hydrogen) atoms. The molecule has 0 amide bonds. The molecule has 0 aliphatic carbocycles. The van der Waals surface area contributed by atoms with Crippen LogP contribution in [0.2, 0.25) is 0 Å². The number of pyridine rings is 3. The number of hydrogen-bond donors (Lipinski definition) is 0. The summed E-state index contributed by atoms with van der Waals surface area (Å²) in [5, 5.41) is 0. The van der Waals surface area contributed by atoms with Gasteiger partial charge in [0.1, 0.15) is 0 Å². The standard InChI is InChI=1S/2C7H9N.C6H7N/c1-6-3-4-8-7(2)5-6;1-6-3-4-7(2)8-5-6;1-6-4-2-3-5-7-6/h2*3-5H,1-2H3;2-5H,1H3. The zero-order chi connectivity index (χ0) is 17.1. The van der Waals surface area contributed by atoms with E-state index in [1.165, 1.54) is 11.1 Å². The number of aromatic nitrogens is 3. The molecule has 0 unspecified atom stereocenters. The highest BCUT2D eigenvalue weighted by Crippen LogP contribution is 1.96. The third-order valence-electron chi connectivity index (χ3n) is 2.92. The van der Waals surface area contributed by atoms with Crippen LogP contribution in [0.25, 0.3) is 0 Å². The first-order valence-corrected chi connectivity index (χ1v) is 7.63. The minimum absolute atomic E-state index is 1.07. The van der Waals surface area contributed by atoms with E-state index in [-0.39, 0.29) is 0 Å². The minimum atomic E-state index is 1.07. The lowest BCUT2D eigenvalue weighted by Gasteiger charge is -1.90. The predicted molar refractivity (Wildman–Crippen MR) is 96.4 cm³/mol. The van der Waals surface area contributed by atoms with Crippen molar-refractivity contribution in [3.8, 4) is 0 Å².